The number of aromatic nitrogens is 1. The molecule has 0 radical (unpaired) electrons. The van der Waals surface area contributed by atoms with Gasteiger partial charge in [-0.05, 0) is 24.3 Å². The number of benzene rings is 2. The molecule has 7 nitrogen and oxygen atoms in total. The van der Waals surface area contributed by atoms with E-state index in [0.717, 1.165) is 16.3 Å². The Labute approximate surface area is 154 Å². The number of hydrogen-bond donors (Lipinski definition) is 1. The molecule has 0 amide bonds. The van der Waals surface area contributed by atoms with Crippen LogP contribution >= 0.6 is 11.3 Å². The number of rotatable bonds is 7. The fraction of sp³-hybridized carbons (Fsp3) is 0.167. The summed E-state index contributed by atoms with van der Waals surface area (Å²) in [6.07, 6.45) is 0. The Hall–Kier alpha value is -3.13. The highest BCUT2D eigenvalue weighted by molar-refractivity contribution is 7.13. The standard InChI is InChI=1S/C18H17N3O4S/c1-24-16-7-6-12(8-17(16)25-2)18-20-14(11-26-18)10-19-13-4-3-5-15(9-13)21(22)23/h3-9,11,19H,10H2,1-2H3. The summed E-state index contributed by atoms with van der Waals surface area (Å²) < 4.78 is 10.6. The summed E-state index contributed by atoms with van der Waals surface area (Å²) in [7, 11) is 3.19. The average Bonchev–Trinajstić information content (AvgIpc) is 3.15. The van der Waals surface area contributed by atoms with E-state index in [1.165, 1.54) is 23.5 Å². The molecule has 1 aromatic heterocycles. The molecule has 134 valence electrons. The molecule has 0 aliphatic heterocycles. The third-order valence-electron chi connectivity index (χ3n) is 3.71. The van der Waals surface area contributed by atoms with Crippen molar-refractivity contribution < 1.29 is 14.4 Å². The third-order valence-corrected chi connectivity index (χ3v) is 4.65. The zero-order valence-electron chi connectivity index (χ0n) is 14.3. The van der Waals surface area contributed by atoms with Gasteiger partial charge in [-0.2, -0.15) is 0 Å². The number of nitrogens with zero attached hydrogens (tertiary/aromatic N) is 2. The number of ether oxygens (including phenoxy) is 2. The Kier molecular flexibility index (Phi) is 5.33. The lowest BCUT2D eigenvalue weighted by atomic mass is 10.2. The quantitative estimate of drug-likeness (QED) is 0.491. The topological polar surface area (TPSA) is 86.5 Å². The Morgan fingerprint density at radius 2 is 1.96 bits per heavy atom. The van der Waals surface area contributed by atoms with Crippen LogP contribution in [-0.4, -0.2) is 24.1 Å². The van der Waals surface area contributed by atoms with Crippen molar-refractivity contribution in [3.05, 3.63) is 63.7 Å². The van der Waals surface area contributed by atoms with E-state index in [-0.39, 0.29) is 5.69 Å². The highest BCUT2D eigenvalue weighted by Gasteiger charge is 2.10. The molecule has 1 heterocycles. The molecule has 0 atom stereocenters. The van der Waals surface area contributed by atoms with Gasteiger partial charge in [0.05, 0.1) is 31.4 Å². The predicted molar refractivity (Wildman–Crippen MR) is 101 cm³/mol. The van der Waals surface area contributed by atoms with Crippen molar-refractivity contribution in [3.63, 3.8) is 0 Å². The van der Waals surface area contributed by atoms with Gasteiger partial charge in [0.15, 0.2) is 11.5 Å². The zero-order chi connectivity index (χ0) is 18.5. The summed E-state index contributed by atoms with van der Waals surface area (Å²) in [5.74, 6) is 1.32. The van der Waals surface area contributed by atoms with E-state index in [1.807, 2.05) is 23.6 Å². The molecule has 3 rings (SSSR count). The van der Waals surface area contributed by atoms with Gasteiger partial charge >= 0.3 is 0 Å². The summed E-state index contributed by atoms with van der Waals surface area (Å²) in [6, 6.07) is 12.1. The normalized spacial score (nSPS) is 10.4. The lowest BCUT2D eigenvalue weighted by molar-refractivity contribution is -0.384. The number of nitro groups is 1. The SMILES string of the molecule is COc1ccc(-c2nc(CNc3cccc([N+](=O)[O-])c3)cs2)cc1OC. The van der Waals surface area contributed by atoms with E-state index in [0.29, 0.717) is 23.7 Å². The van der Waals surface area contributed by atoms with E-state index in [2.05, 4.69) is 10.3 Å². The minimum Gasteiger partial charge on any atom is -0.493 e. The van der Waals surface area contributed by atoms with Crippen molar-refractivity contribution in [2.45, 2.75) is 6.54 Å². The maximum Gasteiger partial charge on any atom is 0.271 e. The van der Waals surface area contributed by atoms with Gasteiger partial charge < -0.3 is 14.8 Å². The maximum absolute atomic E-state index is 10.8. The number of non-ortho nitro benzene ring substituents is 1. The van der Waals surface area contributed by atoms with Crippen LogP contribution in [0.5, 0.6) is 11.5 Å². The van der Waals surface area contributed by atoms with Crippen LogP contribution in [-0.2, 0) is 6.54 Å². The first-order valence-corrected chi connectivity index (χ1v) is 8.64. The molecule has 26 heavy (non-hydrogen) atoms. The zero-order valence-corrected chi connectivity index (χ0v) is 15.1. The lowest BCUT2D eigenvalue weighted by Gasteiger charge is -2.08. The molecule has 0 spiro atoms. The molecule has 0 aliphatic rings. The summed E-state index contributed by atoms with van der Waals surface area (Å²) in [6.45, 7) is 0.477. The van der Waals surface area contributed by atoms with Gasteiger partial charge in [-0.3, -0.25) is 10.1 Å². The Balaban J connectivity index is 1.72. The van der Waals surface area contributed by atoms with Gasteiger partial charge in [0.25, 0.3) is 5.69 Å². The van der Waals surface area contributed by atoms with Crippen LogP contribution in [0.4, 0.5) is 11.4 Å². The molecule has 0 bridgehead atoms. The summed E-state index contributed by atoms with van der Waals surface area (Å²) in [5, 5.41) is 16.8. The number of thiazole rings is 1. The van der Waals surface area contributed by atoms with Crippen LogP contribution in [0.3, 0.4) is 0 Å². The second kappa shape index (κ2) is 7.83. The molecule has 3 aromatic rings. The van der Waals surface area contributed by atoms with Gasteiger partial charge in [0.2, 0.25) is 0 Å². The van der Waals surface area contributed by atoms with Crippen molar-refractivity contribution in [1.29, 1.82) is 0 Å². The molecule has 8 heteroatoms. The maximum atomic E-state index is 10.8. The Morgan fingerprint density at radius 3 is 2.69 bits per heavy atom. The first-order valence-electron chi connectivity index (χ1n) is 7.76. The van der Waals surface area contributed by atoms with Gasteiger partial charge in [-0.15, -0.1) is 11.3 Å². The van der Waals surface area contributed by atoms with Crippen molar-refractivity contribution in [3.8, 4) is 22.1 Å². The molecule has 0 aliphatic carbocycles. The highest BCUT2D eigenvalue weighted by atomic mass is 32.1. The smallest absolute Gasteiger partial charge is 0.271 e. The van der Waals surface area contributed by atoms with Crippen LogP contribution in [0.2, 0.25) is 0 Å². The Morgan fingerprint density at radius 1 is 1.15 bits per heavy atom. The molecule has 0 unspecified atom stereocenters. The van der Waals surface area contributed by atoms with E-state index >= 15 is 0 Å². The molecule has 1 N–H and O–H groups in total. The third kappa shape index (κ3) is 3.92. The van der Waals surface area contributed by atoms with Crippen LogP contribution in [0.1, 0.15) is 5.69 Å². The monoisotopic (exact) mass is 371 g/mol. The van der Waals surface area contributed by atoms with Crippen molar-refractivity contribution in [1.82, 2.24) is 4.98 Å². The number of nitro benzene ring substituents is 1. The van der Waals surface area contributed by atoms with Crippen LogP contribution in [0.25, 0.3) is 10.6 Å². The van der Waals surface area contributed by atoms with E-state index in [9.17, 15) is 10.1 Å². The molecule has 0 saturated carbocycles. The lowest BCUT2D eigenvalue weighted by Crippen LogP contribution is -2.00. The molecule has 0 fully saturated rings. The fourth-order valence-corrected chi connectivity index (χ4v) is 3.23. The largest absolute Gasteiger partial charge is 0.493 e. The molecule has 0 saturated heterocycles. The summed E-state index contributed by atoms with van der Waals surface area (Å²) >= 11 is 1.52. The number of anilines is 1. The minimum absolute atomic E-state index is 0.0549. The van der Waals surface area contributed by atoms with Crippen LogP contribution in [0, 0.1) is 10.1 Å². The second-order valence-electron chi connectivity index (χ2n) is 5.37. The number of nitrogens with one attached hydrogen (secondary N) is 1. The average molecular weight is 371 g/mol. The fourth-order valence-electron chi connectivity index (χ4n) is 2.41. The van der Waals surface area contributed by atoms with Crippen LogP contribution in [0.15, 0.2) is 47.8 Å². The highest BCUT2D eigenvalue weighted by Crippen LogP contribution is 2.33. The van der Waals surface area contributed by atoms with Gasteiger partial charge in [0.1, 0.15) is 5.01 Å². The minimum atomic E-state index is -0.414. The van der Waals surface area contributed by atoms with Crippen molar-refractivity contribution in [2.24, 2.45) is 0 Å². The first kappa shape index (κ1) is 17.7. The van der Waals surface area contributed by atoms with E-state index < -0.39 is 4.92 Å². The first-order chi connectivity index (χ1) is 12.6. The van der Waals surface area contributed by atoms with Crippen LogP contribution < -0.4 is 14.8 Å². The van der Waals surface area contributed by atoms with Crippen molar-refractivity contribution in [2.75, 3.05) is 19.5 Å². The number of methoxy groups -OCH3 is 2. The van der Waals surface area contributed by atoms with Gasteiger partial charge in [-0.1, -0.05) is 6.07 Å². The number of hydrogen-bond acceptors (Lipinski definition) is 7. The van der Waals surface area contributed by atoms with Gasteiger partial charge in [-0.25, -0.2) is 4.98 Å². The predicted octanol–water partition coefficient (Wildman–Crippen LogP) is 4.35. The molecular formula is C18H17N3O4S. The molecule has 2 aromatic carbocycles. The Bertz CT molecular complexity index is 926. The van der Waals surface area contributed by atoms with E-state index in [1.54, 1.807) is 26.4 Å². The summed E-state index contributed by atoms with van der Waals surface area (Å²) in [4.78, 5) is 15.0. The second-order valence-corrected chi connectivity index (χ2v) is 6.23. The summed E-state index contributed by atoms with van der Waals surface area (Å²) in [5.41, 5.74) is 2.53. The van der Waals surface area contributed by atoms with E-state index in [4.69, 9.17) is 9.47 Å². The van der Waals surface area contributed by atoms with Gasteiger partial charge in [0, 0.05) is 28.8 Å². The molecular weight excluding hydrogens is 354 g/mol. The van der Waals surface area contributed by atoms with Crippen molar-refractivity contribution >= 4 is 22.7 Å².